The lowest BCUT2D eigenvalue weighted by molar-refractivity contribution is -0.384. The van der Waals surface area contributed by atoms with Gasteiger partial charge in [-0.2, -0.15) is 0 Å². The molecular formula is C40H62N4O11. The first-order chi connectivity index (χ1) is 25.8. The van der Waals surface area contributed by atoms with Crippen LogP contribution in [0.15, 0.2) is 35.9 Å². The van der Waals surface area contributed by atoms with Gasteiger partial charge in [0.1, 0.15) is 24.0 Å². The van der Waals surface area contributed by atoms with Crippen molar-refractivity contribution in [2.24, 2.45) is 17.8 Å². The van der Waals surface area contributed by atoms with Crippen LogP contribution in [0.3, 0.4) is 0 Å². The summed E-state index contributed by atoms with van der Waals surface area (Å²) >= 11 is 0. The number of benzene rings is 1. The molecular weight excluding hydrogens is 712 g/mol. The number of hydrogen-bond donors (Lipinski definition) is 2. The van der Waals surface area contributed by atoms with Crippen molar-refractivity contribution in [2.75, 3.05) is 27.7 Å². The Bertz CT molecular complexity index is 1570. The summed E-state index contributed by atoms with van der Waals surface area (Å²) in [5, 5.41) is 24.0. The van der Waals surface area contributed by atoms with Crippen LogP contribution in [0.5, 0.6) is 0 Å². The number of hydrazine groups is 1. The van der Waals surface area contributed by atoms with Gasteiger partial charge in [-0.05, 0) is 79.5 Å². The first-order valence-corrected chi connectivity index (χ1v) is 19.4. The first-order valence-electron chi connectivity index (χ1n) is 19.4. The number of ketones is 1. The molecule has 0 bridgehead atoms. The molecule has 2 N–H and O–H groups in total. The van der Waals surface area contributed by atoms with Gasteiger partial charge in [0, 0.05) is 55.2 Å². The van der Waals surface area contributed by atoms with Crippen LogP contribution < -0.4 is 5.43 Å². The Morgan fingerprint density at radius 1 is 1.15 bits per heavy atom. The Labute approximate surface area is 325 Å². The normalized spacial score (nSPS) is 37.4. The van der Waals surface area contributed by atoms with Crippen molar-refractivity contribution in [2.45, 2.75) is 141 Å². The van der Waals surface area contributed by atoms with Gasteiger partial charge in [-0.1, -0.05) is 45.9 Å². The molecule has 15 nitrogen and oxygen atoms in total. The minimum Gasteiger partial charge on any atom is -0.455 e. The SMILES string of the molecule is CC[C@H]1OC(=O)/C(C)=C/[C@H](C)[C@@H](O[C@@H]2O[C@H](C)C[C@H](N(C)C)[C@H]2O)[C@](C)(OC)C[C@@H](C)C(=O)[C@H](C)[C@H]2N(NCCCc3cccc([N+](=O)[O-])c3)C(=O)O[C@]12C. The number of hydrogen-bond acceptors (Lipinski definition) is 13. The molecule has 308 valence electrons. The third-order valence-electron chi connectivity index (χ3n) is 11.7. The van der Waals surface area contributed by atoms with E-state index in [1.165, 1.54) is 17.1 Å². The second kappa shape index (κ2) is 18.2. The Morgan fingerprint density at radius 2 is 1.84 bits per heavy atom. The lowest BCUT2D eigenvalue weighted by atomic mass is 9.74. The van der Waals surface area contributed by atoms with Gasteiger partial charge in [0.15, 0.2) is 11.9 Å². The van der Waals surface area contributed by atoms with Gasteiger partial charge in [-0.3, -0.25) is 14.9 Å². The number of likely N-dealkylation sites (N-methyl/N-ethyl adjacent to an activating group) is 1. The second-order valence-electron chi connectivity index (χ2n) is 16.3. The molecule has 15 heteroatoms. The number of aliphatic hydroxyl groups excluding tert-OH is 1. The molecule has 0 radical (unpaired) electrons. The van der Waals surface area contributed by atoms with Crippen molar-refractivity contribution < 1.29 is 48.1 Å². The number of amides is 1. The minimum absolute atomic E-state index is 0.000142. The predicted molar refractivity (Wildman–Crippen MR) is 204 cm³/mol. The second-order valence-corrected chi connectivity index (χ2v) is 16.3. The van der Waals surface area contributed by atoms with E-state index in [4.69, 9.17) is 23.7 Å². The molecule has 3 aliphatic rings. The van der Waals surface area contributed by atoms with E-state index in [9.17, 15) is 29.6 Å². The van der Waals surface area contributed by atoms with Crippen LogP contribution in [0.2, 0.25) is 0 Å². The standard InChI is InChI=1S/C40H62N4O11/c1-12-31-40(8)34(43(38(48)55-40)41-18-14-16-28-15-13-17-29(21-28)44(49)50)27(6)32(45)25(4)22-39(7,51-11)35(23(2)19-24(3)36(47)53-31)54-37-33(46)30(42(9)10)20-26(5)52-37/h13,15,17,19,21,23,25-27,30-31,33-35,37,41,46H,12,14,16,18,20,22H2,1-11H3/b24-19+/t23-,25+,26+,27-,30-,31+,33+,34+,35+,37-,39+,40+/m0/s1. The average Bonchev–Trinajstić information content (AvgIpc) is 3.39. The topological polar surface area (TPSA) is 179 Å². The van der Waals surface area contributed by atoms with Crippen molar-refractivity contribution in [1.82, 2.24) is 15.3 Å². The molecule has 55 heavy (non-hydrogen) atoms. The summed E-state index contributed by atoms with van der Waals surface area (Å²) in [5.41, 5.74) is 1.72. The maximum absolute atomic E-state index is 14.6. The minimum atomic E-state index is -1.41. The van der Waals surface area contributed by atoms with E-state index in [0.29, 0.717) is 37.8 Å². The largest absolute Gasteiger partial charge is 0.455 e. The van der Waals surface area contributed by atoms with Crippen LogP contribution in [0.4, 0.5) is 10.5 Å². The summed E-state index contributed by atoms with van der Waals surface area (Å²) in [6.07, 6.45) is -0.718. The van der Waals surface area contributed by atoms with Crippen LogP contribution in [0, 0.1) is 27.9 Å². The number of ether oxygens (including phenoxy) is 5. The third kappa shape index (κ3) is 9.74. The summed E-state index contributed by atoms with van der Waals surface area (Å²) < 4.78 is 31.3. The number of aryl methyl sites for hydroxylation is 1. The van der Waals surface area contributed by atoms with Crippen molar-refractivity contribution in [3.05, 3.63) is 51.6 Å². The van der Waals surface area contributed by atoms with E-state index in [-0.39, 0.29) is 30.0 Å². The van der Waals surface area contributed by atoms with Crippen molar-refractivity contribution in [3.8, 4) is 0 Å². The van der Waals surface area contributed by atoms with E-state index in [1.807, 2.05) is 53.6 Å². The highest BCUT2D eigenvalue weighted by molar-refractivity contribution is 5.88. The number of Topliss-reactive ketones (excluding diaryl/α,β-unsaturated/α-hetero) is 1. The van der Waals surface area contributed by atoms with Crippen LogP contribution >= 0.6 is 0 Å². The molecule has 1 aromatic rings. The molecule has 0 aromatic heterocycles. The van der Waals surface area contributed by atoms with Crippen LogP contribution in [0.25, 0.3) is 0 Å². The molecule has 1 aromatic carbocycles. The number of nitro groups is 1. The van der Waals surface area contributed by atoms with E-state index in [2.05, 4.69) is 5.43 Å². The van der Waals surface area contributed by atoms with Crippen molar-refractivity contribution in [3.63, 3.8) is 0 Å². The molecule has 0 aliphatic carbocycles. The molecule has 2 saturated heterocycles. The number of carbonyl (C=O) groups excluding carboxylic acids is 3. The maximum atomic E-state index is 14.6. The number of esters is 1. The summed E-state index contributed by atoms with van der Waals surface area (Å²) in [6.45, 7) is 14.7. The Morgan fingerprint density at radius 3 is 2.45 bits per heavy atom. The molecule has 0 saturated carbocycles. The number of methoxy groups -OCH3 is 1. The maximum Gasteiger partial charge on any atom is 0.425 e. The predicted octanol–water partition coefficient (Wildman–Crippen LogP) is 4.98. The van der Waals surface area contributed by atoms with Crippen LogP contribution in [-0.2, 0) is 39.7 Å². The number of nitrogens with one attached hydrogen (secondary N) is 1. The fraction of sp³-hybridized carbons (Fsp3) is 0.725. The first kappa shape index (κ1) is 44.2. The van der Waals surface area contributed by atoms with Crippen LogP contribution in [-0.4, -0.2) is 120 Å². The van der Waals surface area contributed by atoms with Gasteiger partial charge < -0.3 is 33.7 Å². The quantitative estimate of drug-likeness (QED) is 0.133. The summed E-state index contributed by atoms with van der Waals surface area (Å²) in [4.78, 5) is 54.9. The fourth-order valence-corrected chi connectivity index (χ4v) is 8.75. The Kier molecular flexibility index (Phi) is 14.6. The number of cyclic esters (lactones) is 1. The van der Waals surface area contributed by atoms with E-state index >= 15 is 0 Å². The smallest absolute Gasteiger partial charge is 0.425 e. The Balaban J connectivity index is 1.68. The highest BCUT2D eigenvalue weighted by Crippen LogP contribution is 2.42. The van der Waals surface area contributed by atoms with Gasteiger partial charge >= 0.3 is 12.1 Å². The summed E-state index contributed by atoms with van der Waals surface area (Å²) in [5.74, 6) is -2.65. The molecule has 12 atom stereocenters. The zero-order valence-electron chi connectivity index (χ0n) is 34.3. The fourth-order valence-electron chi connectivity index (χ4n) is 8.75. The highest BCUT2D eigenvalue weighted by Gasteiger charge is 2.60. The number of nitro benzene ring substituents is 1. The molecule has 4 rings (SSSR count). The number of non-ortho nitro benzene ring substituents is 1. The molecule has 0 spiro atoms. The van der Waals surface area contributed by atoms with Crippen molar-refractivity contribution >= 4 is 23.5 Å². The number of nitrogens with zero attached hydrogens (tertiary/aromatic N) is 3. The van der Waals surface area contributed by atoms with E-state index in [1.54, 1.807) is 46.1 Å². The lowest BCUT2D eigenvalue weighted by Crippen LogP contribution is -2.60. The average molecular weight is 775 g/mol. The summed E-state index contributed by atoms with van der Waals surface area (Å²) in [6, 6.07) is 5.29. The van der Waals surface area contributed by atoms with Gasteiger partial charge in [0.05, 0.1) is 22.7 Å². The van der Waals surface area contributed by atoms with Crippen molar-refractivity contribution in [1.29, 1.82) is 0 Å². The molecule has 2 fully saturated rings. The van der Waals surface area contributed by atoms with Gasteiger partial charge in [-0.15, -0.1) is 0 Å². The van der Waals surface area contributed by atoms with Gasteiger partial charge in [0.2, 0.25) is 0 Å². The Hall–Kier alpha value is -3.47. The zero-order valence-corrected chi connectivity index (χ0v) is 34.3. The van der Waals surface area contributed by atoms with Gasteiger partial charge in [-0.25, -0.2) is 20.0 Å². The number of carbonyl (C=O) groups is 3. The van der Waals surface area contributed by atoms with Crippen LogP contribution in [0.1, 0.15) is 86.6 Å². The van der Waals surface area contributed by atoms with E-state index in [0.717, 1.165) is 5.56 Å². The number of aliphatic hydroxyl groups is 1. The molecule has 1 amide bonds. The van der Waals surface area contributed by atoms with E-state index < -0.39 is 76.6 Å². The number of rotatable bonds is 11. The zero-order chi connectivity index (χ0) is 41.0. The highest BCUT2D eigenvalue weighted by atomic mass is 16.7. The molecule has 3 aliphatic heterocycles. The third-order valence-corrected chi connectivity index (χ3v) is 11.7. The molecule has 3 heterocycles. The number of fused-ring (bicyclic) bond motifs is 1. The molecule has 0 unspecified atom stereocenters. The summed E-state index contributed by atoms with van der Waals surface area (Å²) in [7, 11) is 5.34. The monoisotopic (exact) mass is 774 g/mol. The lowest BCUT2D eigenvalue weighted by Gasteiger charge is -2.46. The van der Waals surface area contributed by atoms with Gasteiger partial charge in [0.25, 0.3) is 5.69 Å².